The summed E-state index contributed by atoms with van der Waals surface area (Å²) in [7, 11) is 0. The molecule has 4 aromatic heterocycles. The summed E-state index contributed by atoms with van der Waals surface area (Å²) in [6, 6.07) is 16.9. The van der Waals surface area contributed by atoms with Crippen LogP contribution in [-0.2, 0) is 5.41 Å². The third kappa shape index (κ3) is 4.04. The van der Waals surface area contributed by atoms with E-state index in [-0.39, 0.29) is 16.8 Å². The fraction of sp³-hybridized carbons (Fsp3) is 0.200. The van der Waals surface area contributed by atoms with Gasteiger partial charge >= 0.3 is 5.82 Å². The third-order valence-electron chi connectivity index (χ3n) is 7.18. The van der Waals surface area contributed by atoms with Crippen molar-refractivity contribution in [1.29, 1.82) is 10.5 Å². The van der Waals surface area contributed by atoms with Crippen molar-refractivity contribution in [1.82, 2.24) is 0 Å². The van der Waals surface area contributed by atoms with Crippen molar-refractivity contribution in [2.45, 2.75) is 37.5 Å². The largest absolute Gasteiger partial charge is 0.520 e. The van der Waals surface area contributed by atoms with Gasteiger partial charge in [-0.15, -0.1) is 45.3 Å². The molecule has 4 aromatic rings. The highest BCUT2D eigenvalue weighted by molar-refractivity contribution is 7.29. The lowest BCUT2D eigenvalue weighted by Crippen LogP contribution is -2.27. The first-order valence-corrected chi connectivity index (χ1v) is 15.3. The molecule has 0 radical (unpaired) electrons. The van der Waals surface area contributed by atoms with Gasteiger partial charge in [0, 0.05) is 50.5 Å². The Hall–Kier alpha value is -3.76. The lowest BCUT2D eigenvalue weighted by molar-refractivity contribution is 0.354. The van der Waals surface area contributed by atoms with Gasteiger partial charge in [0.1, 0.15) is 30.9 Å². The second kappa shape index (κ2) is 9.85. The van der Waals surface area contributed by atoms with Crippen LogP contribution in [0.25, 0.3) is 51.1 Å². The van der Waals surface area contributed by atoms with Gasteiger partial charge in [-0.05, 0) is 66.4 Å². The monoisotopic (exact) mass is 562 g/mol. The highest BCUT2D eigenvalue weighted by Gasteiger charge is 2.46. The molecule has 0 bridgehead atoms. The van der Waals surface area contributed by atoms with Crippen molar-refractivity contribution in [2.24, 2.45) is 0 Å². The van der Waals surface area contributed by atoms with Crippen molar-refractivity contribution in [3.8, 4) is 41.4 Å². The summed E-state index contributed by atoms with van der Waals surface area (Å²) in [5, 5.41) is 18.2. The Morgan fingerprint density at radius 1 is 0.737 bits per heavy atom. The first kappa shape index (κ1) is 24.6. The molecule has 6 rings (SSSR count). The van der Waals surface area contributed by atoms with Gasteiger partial charge in [-0.25, -0.2) is 0 Å². The topological polar surface area (TPSA) is 56.3 Å². The molecule has 8 heteroatoms. The third-order valence-corrected chi connectivity index (χ3v) is 12.1. The van der Waals surface area contributed by atoms with E-state index in [9.17, 15) is 0 Å². The van der Waals surface area contributed by atoms with Crippen LogP contribution in [0.1, 0.15) is 53.0 Å². The molecule has 1 fully saturated rings. The Labute approximate surface area is 237 Å². The van der Waals surface area contributed by atoms with E-state index in [4.69, 9.17) is 23.7 Å². The highest BCUT2D eigenvalue weighted by Crippen LogP contribution is 2.62. The molecule has 38 heavy (non-hydrogen) atoms. The Balaban J connectivity index is 1.41. The number of fused-ring (bicyclic) bond motifs is 5. The number of hydrogen-bond donors (Lipinski definition) is 0. The lowest BCUT2D eigenvalue weighted by atomic mass is 9.68. The van der Waals surface area contributed by atoms with Gasteiger partial charge in [0.25, 0.3) is 0 Å². The number of hydrogen-bond acceptors (Lipinski definition) is 6. The van der Waals surface area contributed by atoms with Crippen LogP contribution >= 0.6 is 45.3 Å². The molecular weight excluding hydrogens is 545 g/mol. The Morgan fingerprint density at radius 2 is 1.26 bits per heavy atom. The van der Waals surface area contributed by atoms with Crippen molar-refractivity contribution < 1.29 is 0 Å². The van der Waals surface area contributed by atoms with E-state index in [0.717, 1.165) is 9.75 Å². The highest BCUT2D eigenvalue weighted by atomic mass is 32.1. The Kier molecular flexibility index (Phi) is 6.37. The first-order chi connectivity index (χ1) is 18.6. The van der Waals surface area contributed by atoms with Crippen LogP contribution in [0.15, 0.2) is 47.8 Å². The van der Waals surface area contributed by atoms with Gasteiger partial charge in [-0.3, -0.25) is 0 Å². The fourth-order valence-corrected chi connectivity index (χ4v) is 10.2. The minimum atomic E-state index is 0.0720. The summed E-state index contributed by atoms with van der Waals surface area (Å²) in [6.07, 6.45) is 9.42. The quantitative estimate of drug-likeness (QED) is 0.184. The summed E-state index contributed by atoms with van der Waals surface area (Å²) in [5.41, 5.74) is 3.14. The fourth-order valence-electron chi connectivity index (χ4n) is 5.49. The first-order valence-electron chi connectivity index (χ1n) is 12.1. The van der Waals surface area contributed by atoms with Crippen molar-refractivity contribution >= 4 is 57.5 Å². The number of thiophene rings is 4. The normalized spacial score (nSPS) is 14.4. The van der Waals surface area contributed by atoms with Gasteiger partial charge in [-0.1, -0.05) is 19.3 Å². The van der Waals surface area contributed by atoms with Crippen LogP contribution in [0, 0.1) is 35.8 Å². The summed E-state index contributed by atoms with van der Waals surface area (Å²) in [6.45, 7) is 14.3. The predicted molar refractivity (Wildman–Crippen MR) is 159 cm³/mol. The zero-order valence-corrected chi connectivity index (χ0v) is 23.3. The summed E-state index contributed by atoms with van der Waals surface area (Å²) < 4.78 is 0. The van der Waals surface area contributed by atoms with E-state index in [1.54, 1.807) is 34.8 Å². The molecule has 4 heterocycles. The number of nitriles is 2. The van der Waals surface area contributed by atoms with Crippen LogP contribution in [0.2, 0.25) is 0 Å². The van der Waals surface area contributed by atoms with Crippen LogP contribution < -0.4 is 0 Å². The van der Waals surface area contributed by atoms with Crippen molar-refractivity contribution in [2.75, 3.05) is 0 Å². The SMILES string of the molecule is [C-]#[N+]C(=Cc1ccc(-c2cc3c(s2)-c2sc(-c4ccc(C=C(C#N)C#N)s4)cc2C32CCCCC2)s1)[N+]#[C-]. The van der Waals surface area contributed by atoms with Crippen LogP contribution in [0.5, 0.6) is 0 Å². The average Bonchev–Trinajstić information content (AvgIpc) is 3.76. The molecular formula is C30H18N4S4. The van der Waals surface area contributed by atoms with Crippen LogP contribution in [-0.4, -0.2) is 0 Å². The van der Waals surface area contributed by atoms with E-state index < -0.39 is 0 Å². The van der Waals surface area contributed by atoms with E-state index in [0.29, 0.717) is 0 Å². The maximum absolute atomic E-state index is 9.11. The van der Waals surface area contributed by atoms with Crippen LogP contribution in [0.4, 0.5) is 0 Å². The standard InChI is InChI=1S/C30H18N4S4/c1-33-27(34-2)13-20-7-9-24(36-20)26-15-22-29(38-26)28-21(30(22)10-4-3-5-11-30)14-25(37-28)23-8-6-19(35-23)12-18(16-31)17-32/h6-9,12-15H,3-5,10-11H2. The molecule has 4 nitrogen and oxygen atoms in total. The molecule has 0 N–H and O–H groups in total. The molecule has 1 saturated carbocycles. The van der Waals surface area contributed by atoms with E-state index in [1.807, 2.05) is 46.9 Å². The molecule has 0 aliphatic heterocycles. The zero-order valence-electron chi connectivity index (χ0n) is 20.1. The maximum atomic E-state index is 9.11. The number of rotatable bonds is 4. The minimum Gasteiger partial charge on any atom is -0.192 e. The second-order valence-electron chi connectivity index (χ2n) is 9.26. The minimum absolute atomic E-state index is 0.0720. The zero-order chi connectivity index (χ0) is 26.3. The molecule has 0 amide bonds. The molecule has 0 aromatic carbocycles. The second-order valence-corrected chi connectivity index (χ2v) is 13.6. The molecule has 1 spiro atoms. The molecule has 182 valence electrons. The van der Waals surface area contributed by atoms with E-state index >= 15 is 0 Å². The molecule has 0 saturated heterocycles. The molecule has 2 aliphatic rings. The number of nitrogens with zero attached hydrogens (tertiary/aromatic N) is 4. The average molecular weight is 563 g/mol. The molecule has 0 unspecified atom stereocenters. The van der Waals surface area contributed by atoms with Crippen molar-refractivity contribution in [3.63, 3.8) is 0 Å². The summed E-state index contributed by atoms with van der Waals surface area (Å²) in [5.74, 6) is 0.0904. The van der Waals surface area contributed by atoms with Gasteiger partial charge in [0.2, 0.25) is 0 Å². The summed E-state index contributed by atoms with van der Waals surface area (Å²) in [4.78, 5) is 16.0. The van der Waals surface area contributed by atoms with Crippen LogP contribution in [0.3, 0.4) is 0 Å². The molecule has 0 atom stereocenters. The number of allylic oxidation sites excluding steroid dienone is 1. The molecule has 2 aliphatic carbocycles. The van der Waals surface area contributed by atoms with Gasteiger partial charge < -0.3 is 0 Å². The van der Waals surface area contributed by atoms with Gasteiger partial charge in [0.05, 0.1) is 0 Å². The smallest absolute Gasteiger partial charge is 0.192 e. The van der Waals surface area contributed by atoms with Gasteiger partial charge in [0.15, 0.2) is 0 Å². The van der Waals surface area contributed by atoms with Crippen molar-refractivity contribution in [3.05, 3.63) is 91.5 Å². The van der Waals surface area contributed by atoms with E-state index in [1.165, 1.54) is 72.5 Å². The maximum Gasteiger partial charge on any atom is 0.520 e. The van der Waals surface area contributed by atoms with Gasteiger partial charge in [-0.2, -0.15) is 20.2 Å². The Morgan fingerprint density at radius 3 is 1.76 bits per heavy atom. The lowest BCUT2D eigenvalue weighted by Gasteiger charge is -2.34. The Bertz CT molecular complexity index is 1650. The summed E-state index contributed by atoms with van der Waals surface area (Å²) >= 11 is 6.97. The van der Waals surface area contributed by atoms with E-state index in [2.05, 4.69) is 34.0 Å². The predicted octanol–water partition coefficient (Wildman–Crippen LogP) is 10.1.